The second-order valence-corrected chi connectivity index (χ2v) is 5.20. The normalized spacial score (nSPS) is 18.1. The van der Waals surface area contributed by atoms with E-state index in [0.717, 1.165) is 7.11 Å². The van der Waals surface area contributed by atoms with E-state index in [2.05, 4.69) is 4.84 Å². The van der Waals surface area contributed by atoms with Crippen molar-refractivity contribution in [2.45, 2.75) is 25.1 Å². The van der Waals surface area contributed by atoms with Crippen molar-refractivity contribution in [3.8, 4) is 0 Å². The number of likely N-dealkylation sites (tertiary alicyclic amines) is 1. The number of nitrogens with zero attached hydrogens (tertiary/aromatic N) is 2. The third-order valence-corrected chi connectivity index (χ3v) is 3.61. The zero-order valence-corrected chi connectivity index (χ0v) is 12.5. The third-order valence-electron chi connectivity index (χ3n) is 3.61. The molecule has 126 valence electrons. The molecule has 0 radical (unpaired) electrons. The minimum absolute atomic E-state index is 0.265. The van der Waals surface area contributed by atoms with Crippen molar-refractivity contribution in [3.05, 3.63) is 35.9 Å². The highest BCUT2D eigenvalue weighted by molar-refractivity contribution is 5.97. The first-order valence-corrected chi connectivity index (χ1v) is 7.12. The van der Waals surface area contributed by atoms with Gasteiger partial charge in [-0.2, -0.15) is 13.2 Å². The molecule has 1 heterocycles. The maximum Gasteiger partial charge on any atom is 0.408 e. The first-order valence-electron chi connectivity index (χ1n) is 7.12. The number of hydrogen-bond donors (Lipinski definition) is 0. The highest BCUT2D eigenvalue weighted by atomic mass is 19.4. The molecule has 1 aromatic carbocycles. The van der Waals surface area contributed by atoms with E-state index in [0.29, 0.717) is 24.9 Å². The van der Waals surface area contributed by atoms with Crippen LogP contribution >= 0.6 is 0 Å². The predicted molar refractivity (Wildman–Crippen MR) is 75.3 cm³/mol. The van der Waals surface area contributed by atoms with E-state index in [1.807, 2.05) is 0 Å². The van der Waals surface area contributed by atoms with Crippen molar-refractivity contribution in [2.75, 3.05) is 20.2 Å². The van der Waals surface area contributed by atoms with Crippen molar-refractivity contribution < 1.29 is 27.6 Å². The van der Waals surface area contributed by atoms with Gasteiger partial charge in [0.25, 0.3) is 11.8 Å². The fraction of sp³-hybridized carbons (Fsp3) is 0.467. The summed E-state index contributed by atoms with van der Waals surface area (Å²) in [4.78, 5) is 30.6. The molecule has 2 rings (SSSR count). The minimum atomic E-state index is -4.57. The molecule has 0 aromatic heterocycles. The van der Waals surface area contributed by atoms with Crippen molar-refractivity contribution in [1.82, 2.24) is 9.96 Å². The van der Waals surface area contributed by atoms with Crippen LogP contribution in [0.4, 0.5) is 13.2 Å². The fourth-order valence-corrected chi connectivity index (χ4v) is 2.57. The summed E-state index contributed by atoms with van der Waals surface area (Å²) >= 11 is 0. The highest BCUT2D eigenvalue weighted by Gasteiger charge is 2.41. The lowest BCUT2D eigenvalue weighted by Crippen LogP contribution is -2.49. The van der Waals surface area contributed by atoms with Crippen molar-refractivity contribution >= 4 is 11.8 Å². The van der Waals surface area contributed by atoms with Gasteiger partial charge >= 0.3 is 6.18 Å². The molecule has 5 nitrogen and oxygen atoms in total. The van der Waals surface area contributed by atoms with Crippen LogP contribution in [0.25, 0.3) is 0 Å². The van der Waals surface area contributed by atoms with E-state index in [9.17, 15) is 22.8 Å². The highest BCUT2D eigenvalue weighted by Crippen LogP contribution is 2.24. The molecular weight excluding hydrogens is 313 g/mol. The maximum absolute atomic E-state index is 12.5. The molecule has 1 fully saturated rings. The van der Waals surface area contributed by atoms with Crippen LogP contribution in [0.1, 0.15) is 23.2 Å². The fourth-order valence-electron chi connectivity index (χ4n) is 2.57. The van der Waals surface area contributed by atoms with Crippen LogP contribution in [0.15, 0.2) is 30.3 Å². The maximum atomic E-state index is 12.5. The number of carbonyl (C=O) groups is 2. The second kappa shape index (κ2) is 6.99. The van der Waals surface area contributed by atoms with Gasteiger partial charge in [-0.25, -0.2) is 5.06 Å². The molecule has 0 N–H and O–H groups in total. The Hall–Kier alpha value is -2.09. The Morgan fingerprint density at radius 1 is 1.30 bits per heavy atom. The van der Waals surface area contributed by atoms with Crippen LogP contribution in [0, 0.1) is 0 Å². The van der Waals surface area contributed by atoms with Gasteiger partial charge in [0.15, 0.2) is 0 Å². The molecule has 8 heteroatoms. The summed E-state index contributed by atoms with van der Waals surface area (Å²) in [6.07, 6.45) is -3.70. The van der Waals surface area contributed by atoms with Gasteiger partial charge in [0.1, 0.15) is 12.6 Å². The lowest BCUT2D eigenvalue weighted by Gasteiger charge is -2.29. The molecule has 0 saturated carbocycles. The summed E-state index contributed by atoms with van der Waals surface area (Å²) in [5.41, 5.74) is 0.395. The van der Waals surface area contributed by atoms with Gasteiger partial charge in [0.05, 0.1) is 7.11 Å². The number of benzene rings is 1. The Bertz CT molecular complexity index is 563. The van der Waals surface area contributed by atoms with Crippen LogP contribution in [0.2, 0.25) is 0 Å². The first kappa shape index (κ1) is 17.3. The zero-order chi connectivity index (χ0) is 17.0. The van der Waals surface area contributed by atoms with Gasteiger partial charge in [0.2, 0.25) is 0 Å². The smallest absolute Gasteiger partial charge is 0.327 e. The summed E-state index contributed by atoms with van der Waals surface area (Å²) in [5.74, 6) is -1.23. The average molecular weight is 330 g/mol. The topological polar surface area (TPSA) is 49.9 Å². The largest absolute Gasteiger partial charge is 0.408 e. The van der Waals surface area contributed by atoms with Crippen molar-refractivity contribution in [3.63, 3.8) is 0 Å². The van der Waals surface area contributed by atoms with Crippen LogP contribution in [0.5, 0.6) is 0 Å². The van der Waals surface area contributed by atoms with Crippen molar-refractivity contribution in [1.29, 1.82) is 0 Å². The molecule has 0 unspecified atom stereocenters. The lowest BCUT2D eigenvalue weighted by molar-refractivity contribution is -0.225. The molecule has 1 aliphatic rings. The van der Waals surface area contributed by atoms with E-state index >= 15 is 0 Å². The molecular formula is C15H17F3N2O3. The van der Waals surface area contributed by atoms with Gasteiger partial charge in [-0.3, -0.25) is 14.4 Å². The lowest BCUT2D eigenvalue weighted by atomic mass is 10.1. The number of amides is 2. The summed E-state index contributed by atoms with van der Waals surface area (Å²) in [5, 5.41) is 0.265. The Labute approximate surface area is 131 Å². The first-order chi connectivity index (χ1) is 10.8. The number of rotatable bonds is 4. The van der Waals surface area contributed by atoms with Crippen molar-refractivity contribution in [2.24, 2.45) is 0 Å². The summed E-state index contributed by atoms with van der Waals surface area (Å²) < 4.78 is 37.5. The third kappa shape index (κ3) is 4.22. The number of carbonyl (C=O) groups excluding carboxylic acids is 2. The SMILES string of the molecule is CON(CC(F)(F)F)C(=O)[C@@H]1CCCN1C(=O)c1ccccc1. The van der Waals surface area contributed by atoms with E-state index in [1.165, 1.54) is 4.90 Å². The van der Waals surface area contributed by atoms with Crippen LogP contribution < -0.4 is 0 Å². The molecule has 23 heavy (non-hydrogen) atoms. The molecule has 0 spiro atoms. The van der Waals surface area contributed by atoms with Gasteiger partial charge in [-0.15, -0.1) is 0 Å². The Morgan fingerprint density at radius 2 is 1.96 bits per heavy atom. The van der Waals surface area contributed by atoms with Crippen LogP contribution in [-0.2, 0) is 9.63 Å². The van der Waals surface area contributed by atoms with Gasteiger partial charge in [0, 0.05) is 12.1 Å². The van der Waals surface area contributed by atoms with E-state index in [-0.39, 0.29) is 11.0 Å². The Morgan fingerprint density at radius 3 is 2.52 bits per heavy atom. The number of hydrogen-bond acceptors (Lipinski definition) is 3. The van der Waals surface area contributed by atoms with Gasteiger partial charge < -0.3 is 4.90 Å². The molecule has 0 bridgehead atoms. The number of alkyl halides is 3. The quantitative estimate of drug-likeness (QED) is 0.796. The minimum Gasteiger partial charge on any atom is -0.327 e. The monoisotopic (exact) mass is 330 g/mol. The summed E-state index contributed by atoms with van der Waals surface area (Å²) in [6, 6.07) is 7.39. The van der Waals surface area contributed by atoms with Gasteiger partial charge in [-0.1, -0.05) is 18.2 Å². The summed E-state index contributed by atoms with van der Waals surface area (Å²) in [6.45, 7) is -1.18. The molecule has 1 atom stereocenters. The molecule has 1 aromatic rings. The van der Waals surface area contributed by atoms with E-state index in [1.54, 1.807) is 30.3 Å². The number of halogens is 3. The van der Waals surface area contributed by atoms with E-state index < -0.39 is 24.7 Å². The predicted octanol–water partition coefficient (Wildman–Crippen LogP) is 2.24. The van der Waals surface area contributed by atoms with Crippen LogP contribution in [-0.4, -0.2) is 54.2 Å². The summed E-state index contributed by atoms with van der Waals surface area (Å²) in [7, 11) is 1.00. The molecule has 0 aliphatic carbocycles. The standard InChI is InChI=1S/C15H17F3N2O3/c1-23-20(10-15(16,17)18)14(22)12-8-5-9-19(12)13(21)11-6-3-2-4-7-11/h2-4,6-7,12H,5,8-10H2,1H3/t12-/m0/s1. The number of hydroxylamine groups is 2. The van der Waals surface area contributed by atoms with Gasteiger partial charge in [-0.05, 0) is 25.0 Å². The second-order valence-electron chi connectivity index (χ2n) is 5.20. The molecule has 1 aliphatic heterocycles. The van der Waals surface area contributed by atoms with E-state index in [4.69, 9.17) is 0 Å². The zero-order valence-electron chi connectivity index (χ0n) is 12.5. The molecule has 2 amide bonds. The Balaban J connectivity index is 2.14. The Kier molecular flexibility index (Phi) is 5.25. The average Bonchev–Trinajstić information content (AvgIpc) is 3.00. The molecule has 1 saturated heterocycles. The van der Waals surface area contributed by atoms with Crippen LogP contribution in [0.3, 0.4) is 0 Å².